The Labute approximate surface area is 131 Å². The first kappa shape index (κ1) is 14.7. The van der Waals surface area contributed by atoms with Gasteiger partial charge in [-0.15, -0.1) is 12.1 Å². The zero-order valence-electron chi connectivity index (χ0n) is 9.88. The van der Waals surface area contributed by atoms with Crippen LogP contribution in [0.5, 0.6) is 0 Å². The summed E-state index contributed by atoms with van der Waals surface area (Å²) >= 11 is 0. The first-order valence-corrected chi connectivity index (χ1v) is 5.14. The van der Waals surface area contributed by atoms with Crippen molar-refractivity contribution >= 4 is 0 Å². The SMILES string of the molecule is CCc1ccc([CH-]CC(C)C)cc1.[K+]. The van der Waals surface area contributed by atoms with E-state index in [4.69, 9.17) is 0 Å². The van der Waals surface area contributed by atoms with Crippen LogP contribution in [0.15, 0.2) is 24.3 Å². The topological polar surface area (TPSA) is 0 Å². The second kappa shape index (κ2) is 7.95. The molecule has 0 spiro atoms. The molecule has 0 saturated carbocycles. The average Bonchev–Trinajstić information content (AvgIpc) is 2.15. The Morgan fingerprint density at radius 3 is 2.14 bits per heavy atom. The van der Waals surface area contributed by atoms with Crippen molar-refractivity contribution in [3.8, 4) is 0 Å². The summed E-state index contributed by atoms with van der Waals surface area (Å²) in [4.78, 5) is 0. The van der Waals surface area contributed by atoms with Crippen LogP contribution in [0, 0.1) is 12.3 Å². The van der Waals surface area contributed by atoms with Gasteiger partial charge in [0.15, 0.2) is 0 Å². The number of aryl methyl sites for hydroxylation is 1. The van der Waals surface area contributed by atoms with E-state index in [1.54, 1.807) is 0 Å². The summed E-state index contributed by atoms with van der Waals surface area (Å²) < 4.78 is 0. The Balaban J connectivity index is 0.00000169. The van der Waals surface area contributed by atoms with Gasteiger partial charge in [-0.25, -0.2) is 0 Å². The Morgan fingerprint density at radius 2 is 1.71 bits per heavy atom. The summed E-state index contributed by atoms with van der Waals surface area (Å²) in [6, 6.07) is 8.85. The molecular formula is C13H19K. The van der Waals surface area contributed by atoms with E-state index in [0.717, 1.165) is 12.3 Å². The average molecular weight is 214 g/mol. The minimum atomic E-state index is 0. The standard InChI is InChI=1S/C13H19.K/c1-4-12-7-9-13(10-8-12)6-5-11(2)3;/h6-11H,4-5H2,1-3H3;/q-1;+1. The normalized spacial score (nSPS) is 9.71. The van der Waals surface area contributed by atoms with Gasteiger partial charge in [0, 0.05) is 0 Å². The van der Waals surface area contributed by atoms with Gasteiger partial charge in [-0.05, 0) is 6.42 Å². The van der Waals surface area contributed by atoms with E-state index in [2.05, 4.69) is 51.5 Å². The maximum absolute atomic E-state index is 2.31. The molecule has 0 aliphatic carbocycles. The Bertz CT molecular complexity index is 236. The third-order valence-corrected chi connectivity index (χ3v) is 2.21. The molecule has 0 radical (unpaired) electrons. The van der Waals surface area contributed by atoms with Crippen molar-refractivity contribution in [1.82, 2.24) is 0 Å². The molecule has 0 unspecified atom stereocenters. The van der Waals surface area contributed by atoms with Crippen LogP contribution in [-0.2, 0) is 6.42 Å². The zero-order valence-corrected chi connectivity index (χ0v) is 13.0. The molecule has 14 heavy (non-hydrogen) atoms. The van der Waals surface area contributed by atoms with Gasteiger partial charge in [-0.1, -0.05) is 38.7 Å². The number of rotatable bonds is 4. The van der Waals surface area contributed by atoms with Crippen LogP contribution in [0.2, 0.25) is 0 Å². The van der Waals surface area contributed by atoms with Gasteiger partial charge in [0.25, 0.3) is 0 Å². The van der Waals surface area contributed by atoms with Crippen molar-refractivity contribution in [3.05, 3.63) is 41.8 Å². The molecule has 1 rings (SSSR count). The molecular weight excluding hydrogens is 195 g/mol. The molecule has 0 nitrogen and oxygen atoms in total. The van der Waals surface area contributed by atoms with Crippen LogP contribution in [0.25, 0.3) is 0 Å². The molecule has 0 aliphatic rings. The van der Waals surface area contributed by atoms with Gasteiger partial charge in [-0.3, -0.25) is 0 Å². The summed E-state index contributed by atoms with van der Waals surface area (Å²) in [6.45, 7) is 6.68. The van der Waals surface area contributed by atoms with E-state index in [9.17, 15) is 0 Å². The maximum atomic E-state index is 2.31. The maximum Gasteiger partial charge on any atom is 1.00 e. The number of hydrogen-bond donors (Lipinski definition) is 0. The summed E-state index contributed by atoms with van der Waals surface area (Å²) in [5.41, 5.74) is 2.77. The molecule has 0 atom stereocenters. The van der Waals surface area contributed by atoms with Gasteiger partial charge in [0.2, 0.25) is 0 Å². The third-order valence-electron chi connectivity index (χ3n) is 2.21. The van der Waals surface area contributed by atoms with E-state index in [-0.39, 0.29) is 51.4 Å². The van der Waals surface area contributed by atoms with E-state index in [0.29, 0.717) is 0 Å². The summed E-state index contributed by atoms with van der Waals surface area (Å²) in [6.07, 6.45) is 4.61. The smallest absolute Gasteiger partial charge is 0.192 e. The molecule has 0 saturated heterocycles. The molecule has 0 fully saturated rings. The van der Waals surface area contributed by atoms with Crippen molar-refractivity contribution in [2.45, 2.75) is 33.6 Å². The molecule has 0 amide bonds. The molecule has 0 bridgehead atoms. The van der Waals surface area contributed by atoms with Crippen molar-refractivity contribution in [1.29, 1.82) is 0 Å². The van der Waals surface area contributed by atoms with Gasteiger partial charge in [0.1, 0.15) is 0 Å². The van der Waals surface area contributed by atoms with Gasteiger partial charge in [-0.2, -0.15) is 24.1 Å². The fourth-order valence-corrected chi connectivity index (χ4v) is 1.26. The molecule has 0 aliphatic heterocycles. The van der Waals surface area contributed by atoms with Gasteiger partial charge >= 0.3 is 51.4 Å². The van der Waals surface area contributed by atoms with Gasteiger partial charge < -0.3 is 0 Å². The van der Waals surface area contributed by atoms with Crippen molar-refractivity contribution in [3.63, 3.8) is 0 Å². The summed E-state index contributed by atoms with van der Waals surface area (Å²) in [5.74, 6) is 0.755. The van der Waals surface area contributed by atoms with Crippen LogP contribution in [0.3, 0.4) is 0 Å². The number of benzene rings is 1. The molecule has 1 aromatic carbocycles. The van der Waals surface area contributed by atoms with E-state index >= 15 is 0 Å². The number of hydrogen-bond acceptors (Lipinski definition) is 0. The van der Waals surface area contributed by atoms with E-state index in [1.165, 1.54) is 17.5 Å². The van der Waals surface area contributed by atoms with Crippen LogP contribution >= 0.6 is 0 Å². The predicted molar refractivity (Wildman–Crippen MR) is 58.7 cm³/mol. The van der Waals surface area contributed by atoms with E-state index in [1.807, 2.05) is 0 Å². The monoisotopic (exact) mass is 214 g/mol. The fraction of sp³-hybridized carbons (Fsp3) is 0.462. The van der Waals surface area contributed by atoms with E-state index < -0.39 is 0 Å². The van der Waals surface area contributed by atoms with Crippen molar-refractivity contribution in [2.75, 3.05) is 0 Å². The second-order valence-corrected chi connectivity index (χ2v) is 3.93. The molecule has 1 heteroatoms. The molecule has 72 valence electrons. The molecule has 0 aromatic heterocycles. The Kier molecular flexibility index (Phi) is 8.36. The Hall–Kier alpha value is 0.726. The predicted octanol–water partition coefficient (Wildman–Crippen LogP) is 0.851. The summed E-state index contributed by atoms with van der Waals surface area (Å²) in [7, 11) is 0. The third kappa shape index (κ3) is 5.57. The van der Waals surface area contributed by atoms with Crippen molar-refractivity contribution in [2.24, 2.45) is 5.92 Å². The fourth-order valence-electron chi connectivity index (χ4n) is 1.26. The Morgan fingerprint density at radius 1 is 1.14 bits per heavy atom. The van der Waals surface area contributed by atoms with Crippen LogP contribution in [-0.4, -0.2) is 0 Å². The van der Waals surface area contributed by atoms with Crippen LogP contribution < -0.4 is 51.4 Å². The minimum Gasteiger partial charge on any atom is -0.192 e. The first-order chi connectivity index (χ1) is 6.22. The largest absolute Gasteiger partial charge is 1.00 e. The quantitative estimate of drug-likeness (QED) is 0.515. The second-order valence-electron chi connectivity index (χ2n) is 3.93. The van der Waals surface area contributed by atoms with Crippen molar-refractivity contribution < 1.29 is 51.4 Å². The molecule has 0 N–H and O–H groups in total. The zero-order chi connectivity index (χ0) is 9.68. The van der Waals surface area contributed by atoms with Gasteiger partial charge in [0.05, 0.1) is 0 Å². The molecule has 0 heterocycles. The first-order valence-electron chi connectivity index (χ1n) is 5.14. The van der Waals surface area contributed by atoms with Crippen LogP contribution in [0.4, 0.5) is 0 Å². The minimum absolute atomic E-state index is 0. The van der Waals surface area contributed by atoms with Crippen LogP contribution in [0.1, 0.15) is 38.3 Å². The molecule has 1 aromatic rings. The summed E-state index contributed by atoms with van der Waals surface area (Å²) in [5, 5.41) is 0.